The van der Waals surface area contributed by atoms with Crippen molar-refractivity contribution in [2.75, 3.05) is 19.8 Å². The van der Waals surface area contributed by atoms with Gasteiger partial charge in [0, 0.05) is 12.5 Å². The molecule has 17 heteroatoms. The van der Waals surface area contributed by atoms with E-state index < -0.39 is 105 Å². The Balaban J connectivity index is 0.917. The highest BCUT2D eigenvalue weighted by Gasteiger charge is 2.68. The van der Waals surface area contributed by atoms with Crippen LogP contribution in [-0.2, 0) is 33.2 Å². The van der Waals surface area contributed by atoms with Crippen LogP contribution in [0, 0.1) is 46.3 Å². The molecule has 5 saturated heterocycles. The fourth-order valence-corrected chi connectivity index (χ4v) is 14.2. The van der Waals surface area contributed by atoms with Gasteiger partial charge in [0.05, 0.1) is 31.5 Å². The molecule has 1 unspecified atom stereocenters. The Hall–Kier alpha value is -0.940. The van der Waals surface area contributed by atoms with E-state index in [9.17, 15) is 46.0 Å². The molecule has 1 spiro atoms. The van der Waals surface area contributed by atoms with Gasteiger partial charge in [0.15, 0.2) is 18.9 Å². The fourth-order valence-electron chi connectivity index (χ4n) is 14.2. The molecule has 5 aliphatic heterocycles. The first-order chi connectivity index (χ1) is 29.4. The summed E-state index contributed by atoms with van der Waals surface area (Å²) in [5.74, 6) is 3.36. The zero-order chi connectivity index (χ0) is 44.2. The number of hydrogen-bond acceptors (Lipinski definition) is 17. The first-order valence-corrected chi connectivity index (χ1v) is 23.5. The molecule has 354 valence electrons. The zero-order valence-electron chi connectivity index (χ0n) is 36.7. The number of aliphatic hydroxyl groups excluding tert-OH is 9. The average molecular weight is 884 g/mol. The molecule has 8 fully saturated rings. The quantitative estimate of drug-likeness (QED) is 0.142. The van der Waals surface area contributed by atoms with Crippen molar-refractivity contribution in [1.82, 2.24) is 5.32 Å². The Labute approximate surface area is 364 Å². The minimum Gasteiger partial charge on any atom is -0.394 e. The Morgan fingerprint density at radius 3 is 2.06 bits per heavy atom. The highest BCUT2D eigenvalue weighted by atomic mass is 16.8. The van der Waals surface area contributed by atoms with E-state index in [1.807, 2.05) is 0 Å². The van der Waals surface area contributed by atoms with Crippen LogP contribution in [0.3, 0.4) is 0 Å². The smallest absolute Gasteiger partial charge is 0.187 e. The molecule has 17 nitrogen and oxygen atoms in total. The van der Waals surface area contributed by atoms with Crippen LogP contribution in [0.1, 0.15) is 92.4 Å². The Kier molecular flexibility index (Phi) is 12.9. The maximum atomic E-state index is 12.0. The lowest BCUT2D eigenvalue weighted by atomic mass is 9.47. The standard InChI is InChI=1S/C45H73NO16/c1-19-8-13-45(46-16-19)20(2)30-27(62-45)15-26-24-7-6-22-14-23(9-11-43(22,4)25(24)10-12-44(26,30)5)57-42-39(61-40-35(53)33(51)31(49)21(3)56-40)37(55)38(29(18-48)59-42)60-41-36(54)34(52)32(50)28(17-47)58-41/h6,19-21,23-42,46-55H,7-18H2,1-5H3/t19-,20+,21+,23+,24-,25+,26+,27+,28-,29-,30+,31+,32-,33-,34+,35-,36-,37+,38-,39-,40+,41+,42-,43+,44+,45?/m1/s1. The summed E-state index contributed by atoms with van der Waals surface area (Å²) in [6.07, 6.45) is -11.6. The van der Waals surface area contributed by atoms with Crippen LogP contribution in [0.15, 0.2) is 11.6 Å². The lowest BCUT2D eigenvalue weighted by Crippen LogP contribution is -2.67. The predicted octanol–water partition coefficient (Wildman–Crippen LogP) is -0.213. The molecule has 0 aromatic heterocycles. The van der Waals surface area contributed by atoms with Gasteiger partial charge in [-0.05, 0) is 105 Å². The molecule has 3 saturated carbocycles. The second-order valence-electron chi connectivity index (χ2n) is 21.2. The van der Waals surface area contributed by atoms with Crippen LogP contribution in [0.25, 0.3) is 0 Å². The van der Waals surface area contributed by atoms with Crippen molar-refractivity contribution in [1.29, 1.82) is 0 Å². The van der Waals surface area contributed by atoms with Gasteiger partial charge in [-0.15, -0.1) is 0 Å². The number of ether oxygens (including phenoxy) is 7. The van der Waals surface area contributed by atoms with Crippen LogP contribution < -0.4 is 5.32 Å². The number of piperidine rings is 1. The summed E-state index contributed by atoms with van der Waals surface area (Å²) in [6, 6.07) is 0. The fraction of sp³-hybridized carbons (Fsp3) is 0.956. The number of nitrogens with one attached hydrogen (secondary N) is 1. The molecule has 26 atom stereocenters. The maximum absolute atomic E-state index is 12.0. The molecule has 10 N–H and O–H groups in total. The molecule has 4 aliphatic carbocycles. The summed E-state index contributed by atoms with van der Waals surface area (Å²) in [7, 11) is 0. The Morgan fingerprint density at radius 2 is 1.37 bits per heavy atom. The Bertz CT molecular complexity index is 1610. The molecule has 0 aromatic carbocycles. The molecular formula is C45H73NO16. The predicted molar refractivity (Wildman–Crippen MR) is 216 cm³/mol. The SMILES string of the molecule is C[C@@H]1CCC2(NC1)O[C@H]1C[C@H]3[C@@H]4CC=C5C[C@@H](O[C@@H]6O[C@H](CO)[C@@H](O[C@@H]7O[C@H](CO)[C@@H](O)[C@H](O)[C@H]7O)[C@H](O)[C@H]6O[C@@H]6O[C@@H](C)[C@H](O)[C@@H](O)[C@H]6O)CC[C@]5(C)[C@H]4CC[C@]3(C)[C@H]1[C@@H]2C. The zero-order valence-corrected chi connectivity index (χ0v) is 36.7. The summed E-state index contributed by atoms with van der Waals surface area (Å²) in [4.78, 5) is 0. The molecule has 9 rings (SSSR count). The van der Waals surface area contributed by atoms with Crippen molar-refractivity contribution < 1.29 is 79.1 Å². The van der Waals surface area contributed by atoms with Crippen molar-refractivity contribution >= 4 is 0 Å². The van der Waals surface area contributed by atoms with E-state index >= 15 is 0 Å². The highest BCUT2D eigenvalue weighted by molar-refractivity contribution is 5.26. The van der Waals surface area contributed by atoms with Gasteiger partial charge in [-0.3, -0.25) is 5.32 Å². The summed E-state index contributed by atoms with van der Waals surface area (Å²) in [5, 5.41) is 99.6. The van der Waals surface area contributed by atoms with Gasteiger partial charge in [0.25, 0.3) is 0 Å². The molecule has 0 amide bonds. The van der Waals surface area contributed by atoms with Crippen molar-refractivity contribution in [3.8, 4) is 0 Å². The molecule has 0 bridgehead atoms. The third-order valence-electron chi connectivity index (χ3n) is 17.9. The normalized spacial score (nSPS) is 57.6. The minimum atomic E-state index is -1.81. The van der Waals surface area contributed by atoms with Gasteiger partial charge in [-0.25, -0.2) is 0 Å². The van der Waals surface area contributed by atoms with E-state index in [0.717, 1.165) is 38.6 Å². The molecular weight excluding hydrogens is 810 g/mol. The second-order valence-corrected chi connectivity index (χ2v) is 21.2. The topological polar surface area (TPSA) is 259 Å². The van der Waals surface area contributed by atoms with Gasteiger partial charge < -0.3 is 79.1 Å². The maximum Gasteiger partial charge on any atom is 0.187 e. The molecule has 0 radical (unpaired) electrons. The van der Waals surface area contributed by atoms with Crippen LogP contribution in [0.2, 0.25) is 0 Å². The lowest BCUT2D eigenvalue weighted by Gasteiger charge is -2.59. The number of rotatable bonds is 8. The van der Waals surface area contributed by atoms with Crippen LogP contribution in [0.5, 0.6) is 0 Å². The number of allylic oxidation sites excluding steroid dienone is 1. The van der Waals surface area contributed by atoms with Crippen molar-refractivity contribution in [3.05, 3.63) is 11.6 Å². The first-order valence-electron chi connectivity index (χ1n) is 23.5. The van der Waals surface area contributed by atoms with E-state index in [1.165, 1.54) is 25.3 Å². The average Bonchev–Trinajstić information content (AvgIpc) is 3.70. The van der Waals surface area contributed by atoms with Gasteiger partial charge in [-0.1, -0.05) is 39.3 Å². The summed E-state index contributed by atoms with van der Waals surface area (Å²) in [6.45, 7) is 10.9. The summed E-state index contributed by atoms with van der Waals surface area (Å²) in [5.41, 5.74) is 1.35. The molecule has 62 heavy (non-hydrogen) atoms. The second kappa shape index (κ2) is 17.3. The summed E-state index contributed by atoms with van der Waals surface area (Å²) >= 11 is 0. The van der Waals surface area contributed by atoms with Gasteiger partial charge in [0.1, 0.15) is 72.9 Å². The third-order valence-corrected chi connectivity index (χ3v) is 17.9. The molecule has 5 heterocycles. The van der Waals surface area contributed by atoms with E-state index in [2.05, 4.69) is 39.1 Å². The molecule has 0 aromatic rings. The van der Waals surface area contributed by atoms with E-state index in [4.69, 9.17) is 33.2 Å². The van der Waals surface area contributed by atoms with E-state index in [0.29, 0.717) is 48.3 Å². The van der Waals surface area contributed by atoms with Crippen molar-refractivity contribution in [2.45, 2.75) is 202 Å². The van der Waals surface area contributed by atoms with Gasteiger partial charge in [-0.2, -0.15) is 0 Å². The van der Waals surface area contributed by atoms with Crippen molar-refractivity contribution in [3.63, 3.8) is 0 Å². The largest absolute Gasteiger partial charge is 0.394 e. The van der Waals surface area contributed by atoms with Crippen molar-refractivity contribution in [2.24, 2.45) is 46.3 Å². The van der Waals surface area contributed by atoms with Gasteiger partial charge in [0.2, 0.25) is 0 Å². The highest BCUT2D eigenvalue weighted by Crippen LogP contribution is 2.70. The number of aliphatic hydroxyl groups is 9. The summed E-state index contributed by atoms with van der Waals surface area (Å²) < 4.78 is 43.5. The van der Waals surface area contributed by atoms with E-state index in [-0.39, 0.29) is 28.8 Å². The lowest BCUT2D eigenvalue weighted by molar-refractivity contribution is -0.389. The van der Waals surface area contributed by atoms with Gasteiger partial charge >= 0.3 is 0 Å². The van der Waals surface area contributed by atoms with Crippen LogP contribution in [-0.4, -0.2) is 176 Å². The Morgan fingerprint density at radius 1 is 0.694 bits per heavy atom. The third kappa shape index (κ3) is 7.49. The monoisotopic (exact) mass is 883 g/mol. The number of fused-ring (bicyclic) bond motifs is 7. The van der Waals surface area contributed by atoms with Crippen LogP contribution >= 0.6 is 0 Å². The minimum absolute atomic E-state index is 0.0233. The number of hydrogen-bond donors (Lipinski definition) is 10. The van der Waals surface area contributed by atoms with Crippen LogP contribution in [0.4, 0.5) is 0 Å². The van der Waals surface area contributed by atoms with E-state index in [1.54, 1.807) is 0 Å². The first kappa shape index (κ1) is 46.2. The molecule has 9 aliphatic rings.